The summed E-state index contributed by atoms with van der Waals surface area (Å²) in [4.78, 5) is 2.55. The van der Waals surface area contributed by atoms with Gasteiger partial charge in [0.05, 0.1) is 0 Å². The zero-order valence-electron chi connectivity index (χ0n) is 11.8. The predicted molar refractivity (Wildman–Crippen MR) is 78.9 cm³/mol. The molecule has 0 spiro atoms. The molecule has 1 aliphatic rings. The van der Waals surface area contributed by atoms with Crippen molar-refractivity contribution in [1.29, 1.82) is 0 Å². The van der Waals surface area contributed by atoms with E-state index < -0.39 is 0 Å². The summed E-state index contributed by atoms with van der Waals surface area (Å²) >= 11 is 0. The Balaban J connectivity index is 2.14. The second-order valence-electron chi connectivity index (χ2n) is 5.61. The molecule has 1 aromatic carbocycles. The molecular weight excluding hydrogens is 236 g/mol. The molecule has 1 fully saturated rings. The quantitative estimate of drug-likeness (QED) is 0.827. The van der Waals surface area contributed by atoms with Crippen LogP contribution >= 0.6 is 0 Å². The van der Waals surface area contributed by atoms with Gasteiger partial charge in [0.2, 0.25) is 0 Å². The summed E-state index contributed by atoms with van der Waals surface area (Å²) in [6.45, 7) is 3.51. The van der Waals surface area contributed by atoms with E-state index in [0.717, 1.165) is 19.4 Å². The van der Waals surface area contributed by atoms with E-state index in [4.69, 9.17) is 10.8 Å². The number of rotatable bonds is 6. The molecule has 3 unspecified atom stereocenters. The number of benzene rings is 1. The SMILES string of the molecule is CC(N)C(c1ccccc1)N1CCCC1CCCO. The van der Waals surface area contributed by atoms with Crippen LogP contribution in [0.5, 0.6) is 0 Å². The number of nitrogens with two attached hydrogens (primary N) is 1. The Kier molecular flexibility index (Phi) is 5.37. The van der Waals surface area contributed by atoms with Crippen LogP contribution in [0.3, 0.4) is 0 Å². The Morgan fingerprint density at radius 1 is 1.37 bits per heavy atom. The molecule has 2 rings (SSSR count). The number of aliphatic hydroxyl groups is 1. The van der Waals surface area contributed by atoms with Gasteiger partial charge in [0.15, 0.2) is 0 Å². The highest BCUT2D eigenvalue weighted by atomic mass is 16.2. The van der Waals surface area contributed by atoms with Gasteiger partial charge >= 0.3 is 0 Å². The maximum atomic E-state index is 9.03. The van der Waals surface area contributed by atoms with Gasteiger partial charge in [-0.25, -0.2) is 0 Å². The molecule has 3 atom stereocenters. The van der Waals surface area contributed by atoms with Crippen LogP contribution in [-0.4, -0.2) is 35.2 Å². The van der Waals surface area contributed by atoms with Gasteiger partial charge in [0.25, 0.3) is 0 Å². The lowest BCUT2D eigenvalue weighted by molar-refractivity contribution is 0.145. The standard InChI is InChI=1S/C16H26N2O/c1-13(17)16(14-7-3-2-4-8-14)18-11-5-9-15(18)10-6-12-19/h2-4,7-8,13,15-16,19H,5-6,9-12,17H2,1H3. The summed E-state index contributed by atoms with van der Waals surface area (Å²) in [5.41, 5.74) is 7.56. The fourth-order valence-corrected chi connectivity index (χ4v) is 3.31. The van der Waals surface area contributed by atoms with Crippen LogP contribution in [0.4, 0.5) is 0 Å². The number of hydrogen-bond donors (Lipinski definition) is 2. The maximum absolute atomic E-state index is 9.03. The molecule has 3 N–H and O–H groups in total. The highest BCUT2D eigenvalue weighted by molar-refractivity contribution is 5.21. The summed E-state index contributed by atoms with van der Waals surface area (Å²) < 4.78 is 0. The van der Waals surface area contributed by atoms with Crippen molar-refractivity contribution in [3.8, 4) is 0 Å². The van der Waals surface area contributed by atoms with E-state index in [-0.39, 0.29) is 6.04 Å². The molecule has 0 aromatic heterocycles. The molecular formula is C16H26N2O. The number of hydrogen-bond acceptors (Lipinski definition) is 3. The summed E-state index contributed by atoms with van der Waals surface area (Å²) in [7, 11) is 0. The van der Waals surface area contributed by atoms with Gasteiger partial charge in [-0.2, -0.15) is 0 Å². The van der Waals surface area contributed by atoms with E-state index in [1.165, 1.54) is 18.4 Å². The van der Waals surface area contributed by atoms with Gasteiger partial charge in [0, 0.05) is 24.7 Å². The number of likely N-dealkylation sites (tertiary alicyclic amines) is 1. The first kappa shape index (κ1) is 14.5. The lowest BCUT2D eigenvalue weighted by atomic mass is 9.97. The zero-order valence-corrected chi connectivity index (χ0v) is 11.8. The summed E-state index contributed by atoms with van der Waals surface area (Å²) in [5, 5.41) is 9.03. The van der Waals surface area contributed by atoms with Gasteiger partial charge < -0.3 is 10.8 Å². The molecule has 0 bridgehead atoms. The molecule has 19 heavy (non-hydrogen) atoms. The van der Waals surface area contributed by atoms with Crippen LogP contribution < -0.4 is 5.73 Å². The molecule has 1 aromatic rings. The summed E-state index contributed by atoms with van der Waals surface area (Å²) in [6, 6.07) is 11.6. The Labute approximate surface area is 116 Å². The monoisotopic (exact) mass is 262 g/mol. The van der Waals surface area contributed by atoms with Crippen LogP contribution in [-0.2, 0) is 0 Å². The highest BCUT2D eigenvalue weighted by Gasteiger charge is 2.32. The van der Waals surface area contributed by atoms with Crippen molar-refractivity contribution in [2.45, 2.75) is 50.7 Å². The van der Waals surface area contributed by atoms with Crippen LogP contribution in [0, 0.1) is 0 Å². The first-order valence-corrected chi connectivity index (χ1v) is 7.41. The third kappa shape index (κ3) is 3.56. The van der Waals surface area contributed by atoms with Gasteiger partial charge in [-0.15, -0.1) is 0 Å². The summed E-state index contributed by atoms with van der Waals surface area (Å²) in [6.07, 6.45) is 4.44. The predicted octanol–water partition coefficient (Wildman–Crippen LogP) is 2.31. The Morgan fingerprint density at radius 2 is 2.11 bits per heavy atom. The minimum Gasteiger partial charge on any atom is -0.396 e. The molecule has 3 nitrogen and oxygen atoms in total. The van der Waals surface area contributed by atoms with E-state index in [9.17, 15) is 0 Å². The number of nitrogens with zero attached hydrogens (tertiary/aromatic N) is 1. The normalized spacial score (nSPS) is 23.4. The van der Waals surface area contributed by atoms with E-state index in [1.54, 1.807) is 0 Å². The average Bonchev–Trinajstić information content (AvgIpc) is 2.85. The van der Waals surface area contributed by atoms with Crippen LogP contribution in [0.1, 0.15) is 44.2 Å². The molecule has 1 saturated heterocycles. The molecule has 1 heterocycles. The van der Waals surface area contributed by atoms with Crippen LogP contribution in [0.25, 0.3) is 0 Å². The maximum Gasteiger partial charge on any atom is 0.0499 e. The lowest BCUT2D eigenvalue weighted by Crippen LogP contribution is -2.42. The van der Waals surface area contributed by atoms with E-state index >= 15 is 0 Å². The van der Waals surface area contributed by atoms with Crippen LogP contribution in [0.2, 0.25) is 0 Å². The Bertz CT molecular complexity index is 366. The first-order valence-electron chi connectivity index (χ1n) is 7.41. The number of aliphatic hydroxyl groups excluding tert-OH is 1. The molecule has 3 heteroatoms. The van der Waals surface area contributed by atoms with Gasteiger partial charge in [0.1, 0.15) is 0 Å². The highest BCUT2D eigenvalue weighted by Crippen LogP contribution is 2.33. The van der Waals surface area contributed by atoms with E-state index in [0.29, 0.717) is 18.7 Å². The van der Waals surface area contributed by atoms with Gasteiger partial charge in [-0.05, 0) is 44.7 Å². The van der Waals surface area contributed by atoms with Crippen molar-refractivity contribution in [3.05, 3.63) is 35.9 Å². The second-order valence-corrected chi connectivity index (χ2v) is 5.61. The minimum atomic E-state index is 0.122. The molecule has 0 saturated carbocycles. The fourth-order valence-electron chi connectivity index (χ4n) is 3.31. The molecule has 0 amide bonds. The van der Waals surface area contributed by atoms with E-state index in [2.05, 4.69) is 42.2 Å². The minimum absolute atomic E-state index is 0.122. The van der Waals surface area contributed by atoms with Gasteiger partial charge in [-0.1, -0.05) is 30.3 Å². The summed E-state index contributed by atoms with van der Waals surface area (Å²) in [5.74, 6) is 0. The second kappa shape index (κ2) is 7.04. The van der Waals surface area contributed by atoms with Crippen molar-refractivity contribution in [2.24, 2.45) is 5.73 Å². The third-order valence-corrected chi connectivity index (χ3v) is 4.11. The first-order chi connectivity index (χ1) is 9.24. The van der Waals surface area contributed by atoms with Crippen molar-refractivity contribution >= 4 is 0 Å². The van der Waals surface area contributed by atoms with Crippen LogP contribution in [0.15, 0.2) is 30.3 Å². The van der Waals surface area contributed by atoms with Crippen molar-refractivity contribution in [2.75, 3.05) is 13.2 Å². The molecule has 1 aliphatic heterocycles. The smallest absolute Gasteiger partial charge is 0.0499 e. The zero-order chi connectivity index (χ0) is 13.7. The van der Waals surface area contributed by atoms with Crippen molar-refractivity contribution in [3.63, 3.8) is 0 Å². The topological polar surface area (TPSA) is 49.5 Å². The Morgan fingerprint density at radius 3 is 2.74 bits per heavy atom. The molecule has 0 radical (unpaired) electrons. The fraction of sp³-hybridized carbons (Fsp3) is 0.625. The third-order valence-electron chi connectivity index (χ3n) is 4.11. The Hall–Kier alpha value is -0.900. The van der Waals surface area contributed by atoms with Crippen molar-refractivity contribution in [1.82, 2.24) is 4.90 Å². The largest absolute Gasteiger partial charge is 0.396 e. The average molecular weight is 262 g/mol. The lowest BCUT2D eigenvalue weighted by Gasteiger charge is -2.36. The molecule has 0 aliphatic carbocycles. The van der Waals surface area contributed by atoms with Gasteiger partial charge in [-0.3, -0.25) is 4.90 Å². The molecule has 106 valence electrons. The van der Waals surface area contributed by atoms with E-state index in [1.807, 2.05) is 0 Å². The van der Waals surface area contributed by atoms with Crippen molar-refractivity contribution < 1.29 is 5.11 Å².